The van der Waals surface area contributed by atoms with E-state index in [2.05, 4.69) is 34.1 Å². The lowest BCUT2D eigenvalue weighted by Gasteiger charge is -2.32. The molecule has 0 saturated heterocycles. The Kier molecular flexibility index (Phi) is 5.63. The quantitative estimate of drug-likeness (QED) is 0.533. The molecule has 0 radical (unpaired) electrons. The summed E-state index contributed by atoms with van der Waals surface area (Å²) in [6.45, 7) is 8.06. The van der Waals surface area contributed by atoms with Crippen molar-refractivity contribution in [2.45, 2.75) is 71.4 Å². The zero-order chi connectivity index (χ0) is 21.5. The van der Waals surface area contributed by atoms with Crippen molar-refractivity contribution < 1.29 is 5.11 Å². The number of nitrogens with zero attached hydrogens (tertiary/aromatic N) is 4. The smallest absolute Gasteiger partial charge is 0.222 e. The summed E-state index contributed by atoms with van der Waals surface area (Å²) in [5.74, 6) is 1.28. The van der Waals surface area contributed by atoms with Crippen molar-refractivity contribution in [2.24, 2.45) is 5.92 Å². The monoisotopic (exact) mass is 426 g/mol. The third-order valence-electron chi connectivity index (χ3n) is 6.57. The van der Waals surface area contributed by atoms with Gasteiger partial charge in [0.1, 0.15) is 16.3 Å². The SMILES string of the molecule is CCC(O)(CC)C1CCC(Nc2nc(N)nc(C)c2-c2nc3c(C)nccc3s2)C1. The summed E-state index contributed by atoms with van der Waals surface area (Å²) in [6.07, 6.45) is 6.31. The first kappa shape index (κ1) is 20.9. The predicted molar refractivity (Wildman–Crippen MR) is 123 cm³/mol. The summed E-state index contributed by atoms with van der Waals surface area (Å²) < 4.78 is 1.09. The summed E-state index contributed by atoms with van der Waals surface area (Å²) in [5.41, 5.74) is 8.94. The van der Waals surface area contributed by atoms with Crippen LogP contribution in [0.4, 0.5) is 11.8 Å². The van der Waals surface area contributed by atoms with Crippen molar-refractivity contribution in [3.05, 3.63) is 23.7 Å². The molecule has 3 aromatic heterocycles. The minimum absolute atomic E-state index is 0.241. The number of pyridine rings is 1. The highest BCUT2D eigenvalue weighted by Crippen LogP contribution is 2.41. The van der Waals surface area contributed by atoms with E-state index in [1.165, 1.54) is 0 Å². The third-order valence-corrected chi connectivity index (χ3v) is 7.61. The van der Waals surface area contributed by atoms with Gasteiger partial charge in [0.05, 0.1) is 27.3 Å². The Bertz CT molecular complexity index is 1060. The van der Waals surface area contributed by atoms with Crippen LogP contribution in [-0.2, 0) is 0 Å². The fraction of sp³-hybridized carbons (Fsp3) is 0.545. The van der Waals surface area contributed by atoms with Gasteiger partial charge in [0.25, 0.3) is 0 Å². The summed E-state index contributed by atoms with van der Waals surface area (Å²) in [7, 11) is 0. The molecule has 1 aliphatic carbocycles. The molecule has 0 amide bonds. The van der Waals surface area contributed by atoms with Crippen LogP contribution in [0.5, 0.6) is 0 Å². The molecule has 1 aliphatic rings. The van der Waals surface area contributed by atoms with E-state index in [1.807, 2.05) is 26.1 Å². The Labute approximate surface area is 181 Å². The Balaban J connectivity index is 1.67. The number of aliphatic hydroxyl groups is 1. The molecule has 8 heteroatoms. The maximum atomic E-state index is 11.0. The molecule has 0 aromatic carbocycles. The topological polar surface area (TPSA) is 110 Å². The molecular formula is C22H30N6OS. The van der Waals surface area contributed by atoms with Crippen LogP contribution in [-0.4, -0.2) is 36.7 Å². The number of aromatic nitrogens is 4. The number of hydrogen-bond acceptors (Lipinski definition) is 8. The summed E-state index contributed by atoms with van der Waals surface area (Å²) in [4.78, 5) is 18.1. The fourth-order valence-corrected chi connectivity index (χ4v) is 5.78. The number of anilines is 2. The molecule has 1 fully saturated rings. The van der Waals surface area contributed by atoms with Crippen LogP contribution in [0, 0.1) is 19.8 Å². The molecule has 0 aliphatic heterocycles. The first-order valence-electron chi connectivity index (χ1n) is 10.7. The standard InChI is InChI=1S/C22H30N6OS/c1-5-22(29,6-2)14-7-8-15(11-14)26-19-17(12(3)25-21(23)28-19)20-27-18-13(4)24-10-9-16(18)30-20/h9-10,14-15,29H,5-8,11H2,1-4H3,(H3,23,25,26,28). The van der Waals surface area contributed by atoms with Crippen molar-refractivity contribution in [3.8, 4) is 10.6 Å². The van der Waals surface area contributed by atoms with Crippen LogP contribution < -0.4 is 11.1 Å². The van der Waals surface area contributed by atoms with Gasteiger partial charge in [-0.3, -0.25) is 4.98 Å². The molecule has 2 unspecified atom stereocenters. The molecule has 1 saturated carbocycles. The van der Waals surface area contributed by atoms with Crippen LogP contribution in [0.1, 0.15) is 57.3 Å². The van der Waals surface area contributed by atoms with Crippen molar-refractivity contribution in [1.82, 2.24) is 19.9 Å². The van der Waals surface area contributed by atoms with Crippen LogP contribution in [0.2, 0.25) is 0 Å². The van der Waals surface area contributed by atoms with E-state index >= 15 is 0 Å². The molecule has 7 nitrogen and oxygen atoms in total. The zero-order valence-electron chi connectivity index (χ0n) is 18.1. The highest BCUT2D eigenvalue weighted by Gasteiger charge is 2.39. The van der Waals surface area contributed by atoms with Crippen molar-refractivity contribution in [1.29, 1.82) is 0 Å². The zero-order valence-corrected chi connectivity index (χ0v) is 18.9. The summed E-state index contributed by atoms with van der Waals surface area (Å²) in [5, 5.41) is 15.4. The molecule has 4 N–H and O–H groups in total. The van der Waals surface area contributed by atoms with E-state index in [9.17, 15) is 5.11 Å². The van der Waals surface area contributed by atoms with Gasteiger partial charge in [0.2, 0.25) is 5.95 Å². The summed E-state index contributed by atoms with van der Waals surface area (Å²) >= 11 is 1.62. The molecule has 3 heterocycles. The predicted octanol–water partition coefficient (Wildman–Crippen LogP) is 4.48. The highest BCUT2D eigenvalue weighted by atomic mass is 32.1. The lowest BCUT2D eigenvalue weighted by molar-refractivity contribution is -0.0236. The molecule has 2 atom stereocenters. The number of nitrogens with one attached hydrogen (secondary N) is 1. The van der Waals surface area contributed by atoms with Gasteiger partial charge < -0.3 is 16.2 Å². The van der Waals surface area contributed by atoms with Crippen molar-refractivity contribution in [3.63, 3.8) is 0 Å². The lowest BCUT2D eigenvalue weighted by Crippen LogP contribution is -2.36. The average molecular weight is 427 g/mol. The number of hydrogen-bond donors (Lipinski definition) is 3. The number of rotatable bonds is 6. The first-order chi connectivity index (χ1) is 14.3. The van der Waals surface area contributed by atoms with Gasteiger partial charge in [-0.25, -0.2) is 9.97 Å². The second-order valence-electron chi connectivity index (χ2n) is 8.31. The first-order valence-corrected chi connectivity index (χ1v) is 11.5. The van der Waals surface area contributed by atoms with Gasteiger partial charge in [-0.05, 0) is 57.9 Å². The Morgan fingerprint density at radius 1 is 1.17 bits per heavy atom. The molecular weight excluding hydrogens is 396 g/mol. The normalized spacial score (nSPS) is 19.5. The van der Waals surface area contributed by atoms with E-state index < -0.39 is 5.60 Å². The molecule has 0 spiro atoms. The molecule has 30 heavy (non-hydrogen) atoms. The van der Waals surface area contributed by atoms with Crippen LogP contribution in [0.25, 0.3) is 20.8 Å². The van der Waals surface area contributed by atoms with Gasteiger partial charge in [0, 0.05) is 12.2 Å². The molecule has 3 aromatic rings. The van der Waals surface area contributed by atoms with Crippen molar-refractivity contribution in [2.75, 3.05) is 11.1 Å². The van der Waals surface area contributed by atoms with Gasteiger partial charge in [-0.1, -0.05) is 13.8 Å². The van der Waals surface area contributed by atoms with E-state index in [0.29, 0.717) is 5.92 Å². The largest absolute Gasteiger partial charge is 0.390 e. The van der Waals surface area contributed by atoms with Gasteiger partial charge in [-0.2, -0.15) is 4.98 Å². The van der Waals surface area contributed by atoms with Crippen LogP contribution in [0.3, 0.4) is 0 Å². The number of aryl methyl sites for hydroxylation is 2. The number of nitrogens with two attached hydrogens (primary N) is 1. The van der Waals surface area contributed by atoms with Gasteiger partial charge in [-0.15, -0.1) is 11.3 Å². The van der Waals surface area contributed by atoms with Crippen molar-refractivity contribution >= 4 is 33.3 Å². The Morgan fingerprint density at radius 2 is 1.93 bits per heavy atom. The summed E-state index contributed by atoms with van der Waals surface area (Å²) in [6, 6.07) is 2.23. The number of nitrogen functional groups attached to an aromatic ring is 1. The Hall–Kier alpha value is -2.32. The van der Waals surface area contributed by atoms with Crippen LogP contribution >= 0.6 is 11.3 Å². The molecule has 4 rings (SSSR count). The van der Waals surface area contributed by atoms with Gasteiger partial charge >= 0.3 is 0 Å². The van der Waals surface area contributed by atoms with E-state index in [4.69, 9.17) is 10.7 Å². The lowest BCUT2D eigenvalue weighted by atomic mass is 9.81. The van der Waals surface area contributed by atoms with E-state index in [0.717, 1.165) is 70.1 Å². The average Bonchev–Trinajstić information content (AvgIpc) is 3.35. The van der Waals surface area contributed by atoms with Gasteiger partial charge in [0.15, 0.2) is 0 Å². The third kappa shape index (κ3) is 3.74. The fourth-order valence-electron chi connectivity index (χ4n) is 4.67. The molecule has 0 bridgehead atoms. The second kappa shape index (κ2) is 8.07. The van der Waals surface area contributed by atoms with E-state index in [-0.39, 0.29) is 12.0 Å². The maximum Gasteiger partial charge on any atom is 0.222 e. The second-order valence-corrected chi connectivity index (χ2v) is 9.35. The minimum Gasteiger partial charge on any atom is -0.390 e. The highest BCUT2D eigenvalue weighted by molar-refractivity contribution is 7.21. The van der Waals surface area contributed by atoms with Crippen LogP contribution in [0.15, 0.2) is 12.3 Å². The Morgan fingerprint density at radius 3 is 2.63 bits per heavy atom. The van der Waals surface area contributed by atoms with E-state index in [1.54, 1.807) is 11.3 Å². The number of thiazole rings is 1. The number of fused-ring (bicyclic) bond motifs is 1. The maximum absolute atomic E-state index is 11.0. The molecule has 160 valence electrons. The minimum atomic E-state index is -0.586.